The number of anilines is 6. The van der Waals surface area contributed by atoms with Gasteiger partial charge in [-0.2, -0.15) is 0 Å². The molecule has 3 heterocycles. The van der Waals surface area contributed by atoms with E-state index in [4.69, 9.17) is 0 Å². The van der Waals surface area contributed by atoms with E-state index in [0.717, 1.165) is 0 Å². The SMILES string of the molecule is Cc1ccc(N2c3ccc(C)cc3B3c4sc5ccccc5c4N(c4ccc(C)cc4)c4cc(C)cc2c43)cc1. The Kier molecular flexibility index (Phi) is 5.08. The second kappa shape index (κ2) is 8.61. The topological polar surface area (TPSA) is 6.48 Å². The van der Waals surface area contributed by atoms with Crippen LogP contribution < -0.4 is 25.5 Å². The number of aryl methyl sites for hydroxylation is 4. The van der Waals surface area contributed by atoms with Crippen molar-refractivity contribution in [3.8, 4) is 0 Å². The van der Waals surface area contributed by atoms with Crippen molar-refractivity contribution in [2.75, 3.05) is 9.80 Å². The van der Waals surface area contributed by atoms with Gasteiger partial charge in [-0.25, -0.2) is 0 Å². The van der Waals surface area contributed by atoms with Crippen molar-refractivity contribution in [1.82, 2.24) is 0 Å². The Morgan fingerprint density at radius 1 is 0.550 bits per heavy atom. The summed E-state index contributed by atoms with van der Waals surface area (Å²) in [5.41, 5.74) is 15.5. The first-order valence-electron chi connectivity index (χ1n) is 14.0. The van der Waals surface area contributed by atoms with Crippen molar-refractivity contribution >= 4 is 78.0 Å². The highest BCUT2D eigenvalue weighted by Gasteiger charge is 2.45. The van der Waals surface area contributed by atoms with Crippen molar-refractivity contribution in [3.63, 3.8) is 0 Å². The molecule has 8 rings (SSSR count). The minimum absolute atomic E-state index is 0.177. The summed E-state index contributed by atoms with van der Waals surface area (Å²) < 4.78 is 2.76. The van der Waals surface area contributed by atoms with Gasteiger partial charge in [-0.05, 0) is 92.7 Å². The van der Waals surface area contributed by atoms with E-state index in [1.807, 2.05) is 11.3 Å². The molecule has 0 aliphatic carbocycles. The summed E-state index contributed by atoms with van der Waals surface area (Å²) in [4.78, 5) is 5.02. The molecule has 6 aromatic rings. The van der Waals surface area contributed by atoms with Crippen LogP contribution in [0.2, 0.25) is 0 Å². The summed E-state index contributed by atoms with van der Waals surface area (Å²) in [6, 6.07) is 38.7. The lowest BCUT2D eigenvalue weighted by molar-refractivity contribution is 1.24. The zero-order chi connectivity index (χ0) is 27.1. The lowest BCUT2D eigenvalue weighted by atomic mass is 9.36. The third kappa shape index (κ3) is 3.36. The second-order valence-electron chi connectivity index (χ2n) is 11.4. The molecule has 5 aromatic carbocycles. The summed E-state index contributed by atoms with van der Waals surface area (Å²) in [6.45, 7) is 8.95. The quantitative estimate of drug-likeness (QED) is 0.207. The monoisotopic (exact) mass is 532 g/mol. The van der Waals surface area contributed by atoms with E-state index in [-0.39, 0.29) is 6.71 Å². The van der Waals surface area contributed by atoms with Crippen LogP contribution in [0.4, 0.5) is 34.1 Å². The molecule has 0 unspecified atom stereocenters. The largest absolute Gasteiger partial charge is 0.311 e. The molecular formula is C36H29BN2S. The highest BCUT2D eigenvalue weighted by molar-refractivity contribution is 7.33. The highest BCUT2D eigenvalue weighted by atomic mass is 32.1. The normalized spacial score (nSPS) is 13.3. The molecule has 4 heteroatoms. The smallest absolute Gasteiger partial charge is 0.264 e. The van der Waals surface area contributed by atoms with Gasteiger partial charge >= 0.3 is 0 Å². The molecule has 0 radical (unpaired) electrons. The van der Waals surface area contributed by atoms with Crippen LogP contribution in [-0.4, -0.2) is 6.71 Å². The molecule has 0 saturated heterocycles. The lowest BCUT2D eigenvalue weighted by Gasteiger charge is -2.43. The summed E-state index contributed by atoms with van der Waals surface area (Å²) in [5.74, 6) is 0. The molecule has 0 amide bonds. The summed E-state index contributed by atoms with van der Waals surface area (Å²) in [7, 11) is 0. The Morgan fingerprint density at radius 3 is 1.85 bits per heavy atom. The van der Waals surface area contributed by atoms with Crippen molar-refractivity contribution in [2.24, 2.45) is 0 Å². The molecule has 0 fully saturated rings. The Hall–Kier alpha value is -4.28. The van der Waals surface area contributed by atoms with E-state index in [1.54, 1.807) is 0 Å². The van der Waals surface area contributed by atoms with Crippen LogP contribution in [-0.2, 0) is 0 Å². The maximum absolute atomic E-state index is 2.53. The third-order valence-corrected chi connectivity index (χ3v) is 9.68. The molecule has 2 aliphatic heterocycles. The Bertz CT molecular complexity index is 1950. The van der Waals surface area contributed by atoms with Crippen LogP contribution >= 0.6 is 11.3 Å². The number of hydrogen-bond donors (Lipinski definition) is 0. The molecule has 0 saturated carbocycles. The van der Waals surface area contributed by atoms with Gasteiger partial charge in [0.1, 0.15) is 0 Å². The van der Waals surface area contributed by atoms with E-state index in [0.29, 0.717) is 0 Å². The van der Waals surface area contributed by atoms with Crippen molar-refractivity contribution in [3.05, 3.63) is 125 Å². The number of fused-ring (bicyclic) bond motifs is 6. The lowest BCUT2D eigenvalue weighted by Crippen LogP contribution is -2.60. The minimum Gasteiger partial charge on any atom is -0.311 e. The average molecular weight is 533 g/mol. The van der Waals surface area contributed by atoms with Gasteiger partial charge in [0.05, 0.1) is 5.69 Å². The third-order valence-electron chi connectivity index (χ3n) is 8.45. The van der Waals surface area contributed by atoms with E-state index < -0.39 is 0 Å². The van der Waals surface area contributed by atoms with Crippen LogP contribution in [0, 0.1) is 27.7 Å². The molecule has 2 nitrogen and oxygen atoms in total. The Balaban J connectivity index is 1.51. The average Bonchev–Trinajstić information content (AvgIpc) is 3.33. The van der Waals surface area contributed by atoms with Crippen LogP contribution in [0.5, 0.6) is 0 Å². The first-order valence-corrected chi connectivity index (χ1v) is 14.8. The molecule has 0 spiro atoms. The van der Waals surface area contributed by atoms with Gasteiger partial charge in [-0.15, -0.1) is 11.3 Å². The van der Waals surface area contributed by atoms with Crippen molar-refractivity contribution in [1.29, 1.82) is 0 Å². The first-order chi connectivity index (χ1) is 19.5. The van der Waals surface area contributed by atoms with Gasteiger partial charge in [-0.3, -0.25) is 0 Å². The molecule has 40 heavy (non-hydrogen) atoms. The van der Waals surface area contributed by atoms with E-state index in [9.17, 15) is 0 Å². The van der Waals surface area contributed by atoms with E-state index >= 15 is 0 Å². The van der Waals surface area contributed by atoms with Crippen LogP contribution in [0.15, 0.2) is 103 Å². The van der Waals surface area contributed by atoms with Crippen LogP contribution in [0.3, 0.4) is 0 Å². The maximum Gasteiger partial charge on any atom is 0.264 e. The fourth-order valence-corrected chi connectivity index (χ4v) is 7.94. The molecule has 0 atom stereocenters. The molecule has 192 valence electrons. The van der Waals surface area contributed by atoms with Gasteiger partial charge in [0, 0.05) is 43.3 Å². The molecule has 1 aromatic heterocycles. The minimum atomic E-state index is 0.177. The predicted molar refractivity (Wildman–Crippen MR) is 175 cm³/mol. The summed E-state index contributed by atoms with van der Waals surface area (Å²) in [5, 5.41) is 1.33. The Labute approximate surface area is 240 Å². The Morgan fingerprint density at radius 2 is 1.15 bits per heavy atom. The molecular weight excluding hydrogens is 503 g/mol. The second-order valence-corrected chi connectivity index (χ2v) is 12.4. The highest BCUT2D eigenvalue weighted by Crippen LogP contribution is 2.47. The van der Waals surface area contributed by atoms with Gasteiger partial charge in [0.25, 0.3) is 6.71 Å². The summed E-state index contributed by atoms with van der Waals surface area (Å²) >= 11 is 1.95. The fourth-order valence-electron chi connectivity index (χ4n) is 6.62. The zero-order valence-electron chi connectivity index (χ0n) is 23.2. The van der Waals surface area contributed by atoms with Gasteiger partial charge in [0.2, 0.25) is 0 Å². The maximum atomic E-state index is 2.53. The number of hydrogen-bond acceptors (Lipinski definition) is 3. The van der Waals surface area contributed by atoms with Gasteiger partial charge in [-0.1, -0.05) is 71.3 Å². The standard InChI is InChI=1S/C36H29BN2S/c1-22-9-14-26(15-10-22)38-30-18-13-24(3)19-29(30)37-34-31(38)20-25(4)21-32(34)39(27-16-11-23(2)12-17-27)35-28-7-5-6-8-33(28)40-36(35)37/h5-21H,1-4H3. The molecule has 0 N–H and O–H groups in total. The fraction of sp³-hybridized carbons (Fsp3) is 0.111. The molecule has 2 aliphatic rings. The summed E-state index contributed by atoms with van der Waals surface area (Å²) in [6.07, 6.45) is 0. The zero-order valence-corrected chi connectivity index (χ0v) is 24.0. The number of benzene rings is 5. The number of rotatable bonds is 2. The number of nitrogens with zero attached hydrogens (tertiary/aromatic N) is 2. The van der Waals surface area contributed by atoms with E-state index in [1.165, 1.54) is 82.2 Å². The van der Waals surface area contributed by atoms with Crippen LogP contribution in [0.1, 0.15) is 22.3 Å². The van der Waals surface area contributed by atoms with Crippen molar-refractivity contribution in [2.45, 2.75) is 27.7 Å². The molecule has 0 bridgehead atoms. The van der Waals surface area contributed by atoms with Crippen molar-refractivity contribution < 1.29 is 0 Å². The predicted octanol–water partition coefficient (Wildman–Crippen LogP) is 8.22. The first kappa shape index (κ1) is 23.6. The van der Waals surface area contributed by atoms with E-state index in [2.05, 4.69) is 141 Å². The number of thiophene rings is 1. The van der Waals surface area contributed by atoms with Gasteiger partial charge in [0.15, 0.2) is 0 Å². The van der Waals surface area contributed by atoms with Crippen LogP contribution in [0.25, 0.3) is 10.1 Å². The van der Waals surface area contributed by atoms with Gasteiger partial charge < -0.3 is 9.80 Å².